The Bertz CT molecular complexity index is 740. The molecule has 28 heavy (non-hydrogen) atoms. The first kappa shape index (κ1) is 20.5. The third kappa shape index (κ3) is 5.39. The van der Waals surface area contributed by atoms with Crippen molar-refractivity contribution >= 4 is 11.6 Å². The van der Waals surface area contributed by atoms with Crippen LogP contribution in [0.2, 0.25) is 0 Å². The Hall–Kier alpha value is -2.25. The molecule has 1 aliphatic rings. The van der Waals surface area contributed by atoms with E-state index in [1.54, 1.807) is 6.33 Å². The highest BCUT2D eigenvalue weighted by Crippen LogP contribution is 2.24. The molecule has 2 aromatic rings. The number of nitrogens with zero attached hydrogens (tertiary/aromatic N) is 4. The molecule has 152 valence electrons. The number of anilines is 2. The number of aliphatic hydroxyl groups is 1. The summed E-state index contributed by atoms with van der Waals surface area (Å²) in [5.41, 5.74) is 1.14. The highest BCUT2D eigenvalue weighted by atomic mass is 19.1. The van der Waals surface area contributed by atoms with E-state index in [9.17, 15) is 4.39 Å². The molecule has 1 aromatic carbocycles. The SMILES string of the molecule is CC(C)[C@H]1CN(c2cc(NCCO)ncn2)CCCN1Cc1ccc(F)cc1. The van der Waals surface area contributed by atoms with E-state index in [1.165, 1.54) is 12.1 Å². The van der Waals surface area contributed by atoms with Crippen LogP contribution in [0.5, 0.6) is 0 Å². The number of halogens is 1. The molecule has 1 aliphatic heterocycles. The Labute approximate surface area is 166 Å². The number of hydrogen-bond donors (Lipinski definition) is 2. The van der Waals surface area contributed by atoms with E-state index >= 15 is 0 Å². The topological polar surface area (TPSA) is 64.5 Å². The predicted molar refractivity (Wildman–Crippen MR) is 110 cm³/mol. The van der Waals surface area contributed by atoms with Gasteiger partial charge in [-0.05, 0) is 30.0 Å². The average molecular weight is 388 g/mol. The van der Waals surface area contributed by atoms with Gasteiger partial charge in [-0.1, -0.05) is 26.0 Å². The van der Waals surface area contributed by atoms with Crippen LogP contribution >= 0.6 is 0 Å². The van der Waals surface area contributed by atoms with Gasteiger partial charge in [-0.3, -0.25) is 4.90 Å². The lowest BCUT2D eigenvalue weighted by Crippen LogP contribution is -2.44. The van der Waals surface area contributed by atoms with Crippen LogP contribution in [0.15, 0.2) is 36.7 Å². The molecule has 0 bridgehead atoms. The van der Waals surface area contributed by atoms with Crippen molar-refractivity contribution in [3.63, 3.8) is 0 Å². The first-order valence-electron chi connectivity index (χ1n) is 9.97. The summed E-state index contributed by atoms with van der Waals surface area (Å²) in [4.78, 5) is 13.5. The molecule has 1 aromatic heterocycles. The lowest BCUT2D eigenvalue weighted by Gasteiger charge is -2.35. The first-order valence-corrected chi connectivity index (χ1v) is 9.97. The molecule has 7 heteroatoms. The Morgan fingerprint density at radius 1 is 1.21 bits per heavy atom. The summed E-state index contributed by atoms with van der Waals surface area (Å²) in [5, 5.41) is 12.1. The molecule has 2 heterocycles. The van der Waals surface area contributed by atoms with Crippen molar-refractivity contribution in [1.82, 2.24) is 14.9 Å². The standard InChI is InChI=1S/C21H30FN5O/c1-16(2)19-14-27(21-12-20(23-8-11-28)24-15-25-21)10-3-9-26(19)13-17-4-6-18(22)7-5-17/h4-7,12,15-16,19,28H,3,8-11,13-14H2,1-2H3,(H,23,24,25)/t19-/m1/s1. The van der Waals surface area contributed by atoms with E-state index in [4.69, 9.17) is 5.11 Å². The van der Waals surface area contributed by atoms with E-state index in [-0.39, 0.29) is 12.4 Å². The third-order valence-electron chi connectivity index (χ3n) is 5.21. The van der Waals surface area contributed by atoms with E-state index in [0.29, 0.717) is 18.5 Å². The van der Waals surface area contributed by atoms with E-state index < -0.39 is 0 Å². The maximum Gasteiger partial charge on any atom is 0.134 e. The Morgan fingerprint density at radius 3 is 2.71 bits per heavy atom. The summed E-state index contributed by atoms with van der Waals surface area (Å²) < 4.78 is 13.2. The highest BCUT2D eigenvalue weighted by Gasteiger charge is 2.28. The lowest BCUT2D eigenvalue weighted by molar-refractivity contribution is 0.161. The van der Waals surface area contributed by atoms with Crippen molar-refractivity contribution in [2.24, 2.45) is 5.92 Å². The molecule has 0 amide bonds. The average Bonchev–Trinajstić information content (AvgIpc) is 2.91. The largest absolute Gasteiger partial charge is 0.395 e. The van der Waals surface area contributed by atoms with Gasteiger partial charge in [0.25, 0.3) is 0 Å². The summed E-state index contributed by atoms with van der Waals surface area (Å²) in [5.74, 6) is 1.92. The smallest absolute Gasteiger partial charge is 0.134 e. The number of aliphatic hydroxyl groups excluding tert-OH is 1. The quantitative estimate of drug-likeness (QED) is 0.762. The fourth-order valence-electron chi connectivity index (χ4n) is 3.72. The van der Waals surface area contributed by atoms with Gasteiger partial charge >= 0.3 is 0 Å². The molecule has 3 rings (SSSR count). The van der Waals surface area contributed by atoms with Gasteiger partial charge in [-0.2, -0.15) is 0 Å². The molecule has 0 aliphatic carbocycles. The number of hydrogen-bond acceptors (Lipinski definition) is 6. The molecule has 1 fully saturated rings. The fourth-order valence-corrected chi connectivity index (χ4v) is 3.72. The van der Waals surface area contributed by atoms with E-state index in [2.05, 4.69) is 38.9 Å². The number of benzene rings is 1. The molecule has 6 nitrogen and oxygen atoms in total. The summed E-state index contributed by atoms with van der Waals surface area (Å²) >= 11 is 0. The minimum absolute atomic E-state index is 0.0663. The van der Waals surface area contributed by atoms with Gasteiger partial charge in [-0.25, -0.2) is 14.4 Å². The maximum atomic E-state index is 13.2. The molecule has 0 unspecified atom stereocenters. The van der Waals surface area contributed by atoms with Gasteiger partial charge < -0.3 is 15.3 Å². The molecule has 2 N–H and O–H groups in total. The van der Waals surface area contributed by atoms with Crippen LogP contribution < -0.4 is 10.2 Å². The van der Waals surface area contributed by atoms with Crippen LogP contribution in [-0.2, 0) is 6.54 Å². The van der Waals surface area contributed by atoms with Crippen LogP contribution in [-0.4, -0.2) is 58.8 Å². The second kappa shape index (κ2) is 9.80. The van der Waals surface area contributed by atoms with Gasteiger partial charge in [0.15, 0.2) is 0 Å². The maximum absolute atomic E-state index is 13.2. The number of rotatable bonds is 7. The summed E-state index contributed by atoms with van der Waals surface area (Å²) in [7, 11) is 0. The van der Waals surface area contributed by atoms with Crippen molar-refractivity contribution in [3.8, 4) is 0 Å². The highest BCUT2D eigenvalue weighted by molar-refractivity contribution is 5.48. The van der Waals surface area contributed by atoms with Gasteiger partial charge in [0.05, 0.1) is 6.61 Å². The van der Waals surface area contributed by atoms with Crippen LogP contribution in [0.3, 0.4) is 0 Å². The molecule has 1 saturated heterocycles. The second-order valence-electron chi connectivity index (χ2n) is 7.62. The Kier molecular flexibility index (Phi) is 7.17. The van der Waals surface area contributed by atoms with E-state index in [1.807, 2.05) is 18.2 Å². The summed E-state index contributed by atoms with van der Waals surface area (Å²) in [6.07, 6.45) is 2.61. The van der Waals surface area contributed by atoms with Crippen molar-refractivity contribution in [2.75, 3.05) is 43.0 Å². The third-order valence-corrected chi connectivity index (χ3v) is 5.21. The van der Waals surface area contributed by atoms with Crippen LogP contribution in [0.25, 0.3) is 0 Å². The van der Waals surface area contributed by atoms with Gasteiger partial charge in [-0.15, -0.1) is 0 Å². The number of aromatic nitrogens is 2. The molecule has 0 saturated carbocycles. The predicted octanol–water partition coefficient (Wildman–Crippen LogP) is 2.76. The van der Waals surface area contributed by atoms with Crippen LogP contribution in [0.1, 0.15) is 25.8 Å². The zero-order chi connectivity index (χ0) is 19.9. The van der Waals surface area contributed by atoms with Crippen molar-refractivity contribution in [3.05, 3.63) is 48.0 Å². The van der Waals surface area contributed by atoms with Crippen molar-refractivity contribution in [2.45, 2.75) is 32.9 Å². The zero-order valence-electron chi connectivity index (χ0n) is 16.7. The van der Waals surface area contributed by atoms with Gasteiger partial charge in [0.2, 0.25) is 0 Å². The van der Waals surface area contributed by atoms with Crippen molar-refractivity contribution in [1.29, 1.82) is 0 Å². The van der Waals surface area contributed by atoms with Crippen molar-refractivity contribution < 1.29 is 9.50 Å². The first-order chi connectivity index (χ1) is 13.6. The molecular formula is C21H30FN5O. The minimum atomic E-state index is -0.194. The van der Waals surface area contributed by atoms with Crippen LogP contribution in [0, 0.1) is 11.7 Å². The summed E-state index contributed by atoms with van der Waals surface area (Å²) in [6, 6.07) is 9.13. The fraction of sp³-hybridized carbons (Fsp3) is 0.524. The molecular weight excluding hydrogens is 357 g/mol. The normalized spacial score (nSPS) is 18.3. The van der Waals surface area contributed by atoms with Gasteiger partial charge in [0, 0.05) is 44.8 Å². The van der Waals surface area contributed by atoms with E-state index in [0.717, 1.165) is 49.8 Å². The molecule has 0 radical (unpaired) electrons. The van der Waals surface area contributed by atoms with Crippen LogP contribution in [0.4, 0.5) is 16.0 Å². The lowest BCUT2D eigenvalue weighted by atomic mass is 10.0. The Balaban J connectivity index is 1.74. The molecule has 0 spiro atoms. The van der Waals surface area contributed by atoms with Gasteiger partial charge in [0.1, 0.15) is 23.8 Å². The second-order valence-corrected chi connectivity index (χ2v) is 7.62. The zero-order valence-corrected chi connectivity index (χ0v) is 16.7. The minimum Gasteiger partial charge on any atom is -0.395 e. The monoisotopic (exact) mass is 387 g/mol. The number of nitrogens with one attached hydrogen (secondary N) is 1. The summed E-state index contributed by atoms with van der Waals surface area (Å²) in [6.45, 7) is 8.67. The Morgan fingerprint density at radius 2 is 2.00 bits per heavy atom. The molecule has 1 atom stereocenters.